The van der Waals surface area contributed by atoms with Crippen molar-refractivity contribution in [3.63, 3.8) is 0 Å². The molecule has 15 heavy (non-hydrogen) atoms. The molecular formula is C12H12ClNO. The predicted molar refractivity (Wildman–Crippen MR) is 61.0 cm³/mol. The topological polar surface area (TPSA) is 36.0 Å². The minimum absolute atomic E-state index is 0.595. The Kier molecular flexibility index (Phi) is 2.80. The fourth-order valence-electron chi connectivity index (χ4n) is 1.54. The highest BCUT2D eigenvalue weighted by Crippen LogP contribution is 2.27. The first-order valence-electron chi connectivity index (χ1n) is 4.76. The normalized spacial score (nSPS) is 12.7. The van der Waals surface area contributed by atoms with Crippen molar-refractivity contribution >= 4 is 11.6 Å². The second-order valence-electron chi connectivity index (χ2n) is 3.55. The summed E-state index contributed by atoms with van der Waals surface area (Å²) in [5, 5.41) is 10.6. The zero-order valence-electron chi connectivity index (χ0n) is 8.37. The van der Waals surface area contributed by atoms with Gasteiger partial charge in [-0.15, -0.1) is 0 Å². The van der Waals surface area contributed by atoms with E-state index in [2.05, 4.69) is 4.98 Å². The Labute approximate surface area is 93.5 Å². The number of aromatic amines is 1. The van der Waals surface area contributed by atoms with Crippen LogP contribution in [0.15, 0.2) is 36.5 Å². The fourth-order valence-corrected chi connectivity index (χ4v) is 1.87. The lowest BCUT2D eigenvalue weighted by atomic mass is 10.1. The van der Waals surface area contributed by atoms with Gasteiger partial charge in [0, 0.05) is 22.5 Å². The number of aliphatic hydroxyl groups excluding tert-OH is 1. The van der Waals surface area contributed by atoms with E-state index in [1.165, 1.54) is 0 Å². The summed E-state index contributed by atoms with van der Waals surface area (Å²) in [6.07, 6.45) is 1.09. The number of benzene rings is 1. The van der Waals surface area contributed by atoms with Gasteiger partial charge in [0.25, 0.3) is 0 Å². The largest absolute Gasteiger partial charge is 0.382 e. The van der Waals surface area contributed by atoms with Crippen LogP contribution in [0.3, 0.4) is 0 Å². The lowest BCUT2D eigenvalue weighted by Gasteiger charge is -2.11. The van der Waals surface area contributed by atoms with Gasteiger partial charge in [0.1, 0.15) is 6.10 Å². The standard InChI is InChI=1S/C12H12ClNO/c1-8-4-5-9(10(13)7-8)12(15)11-3-2-6-14-11/h2-7,12,14-15H,1H3. The highest BCUT2D eigenvalue weighted by molar-refractivity contribution is 6.31. The molecule has 1 aromatic heterocycles. The Morgan fingerprint density at radius 2 is 2.13 bits per heavy atom. The third-order valence-corrected chi connectivity index (χ3v) is 2.69. The molecule has 2 nitrogen and oxygen atoms in total. The third kappa shape index (κ3) is 2.06. The lowest BCUT2D eigenvalue weighted by Crippen LogP contribution is -2.00. The van der Waals surface area contributed by atoms with Gasteiger partial charge in [0.15, 0.2) is 0 Å². The number of hydrogen-bond acceptors (Lipinski definition) is 1. The number of aliphatic hydroxyl groups is 1. The van der Waals surface area contributed by atoms with E-state index in [-0.39, 0.29) is 0 Å². The van der Waals surface area contributed by atoms with E-state index < -0.39 is 6.10 Å². The summed E-state index contributed by atoms with van der Waals surface area (Å²) in [6, 6.07) is 9.32. The minimum atomic E-state index is -0.687. The molecule has 0 spiro atoms. The molecule has 0 fully saturated rings. The molecule has 0 saturated carbocycles. The first-order valence-corrected chi connectivity index (χ1v) is 5.13. The van der Waals surface area contributed by atoms with E-state index in [4.69, 9.17) is 11.6 Å². The molecule has 0 aliphatic carbocycles. The highest BCUT2D eigenvalue weighted by Gasteiger charge is 2.14. The summed E-state index contributed by atoms with van der Waals surface area (Å²) >= 11 is 6.07. The first-order chi connectivity index (χ1) is 7.18. The van der Waals surface area contributed by atoms with Crippen LogP contribution in [0.4, 0.5) is 0 Å². The van der Waals surface area contributed by atoms with Crippen molar-refractivity contribution in [2.75, 3.05) is 0 Å². The first kappa shape index (κ1) is 10.3. The van der Waals surface area contributed by atoms with Crippen LogP contribution in [0.25, 0.3) is 0 Å². The van der Waals surface area contributed by atoms with Crippen molar-refractivity contribution in [1.29, 1.82) is 0 Å². The number of hydrogen-bond donors (Lipinski definition) is 2. The maximum absolute atomic E-state index is 10.0. The maximum atomic E-state index is 10.0. The van der Waals surface area contributed by atoms with Crippen LogP contribution in [0.1, 0.15) is 22.9 Å². The van der Waals surface area contributed by atoms with Crippen molar-refractivity contribution in [3.05, 3.63) is 58.4 Å². The number of H-pyrrole nitrogens is 1. The molecule has 0 saturated heterocycles. The Balaban J connectivity index is 2.38. The van der Waals surface area contributed by atoms with Crippen LogP contribution >= 0.6 is 11.6 Å². The van der Waals surface area contributed by atoms with Crippen molar-refractivity contribution < 1.29 is 5.11 Å². The maximum Gasteiger partial charge on any atom is 0.120 e. The van der Waals surface area contributed by atoms with Gasteiger partial charge in [-0.25, -0.2) is 0 Å². The van der Waals surface area contributed by atoms with Gasteiger partial charge >= 0.3 is 0 Å². The average Bonchev–Trinajstić information content (AvgIpc) is 2.69. The molecule has 0 bridgehead atoms. The highest BCUT2D eigenvalue weighted by atomic mass is 35.5. The molecule has 1 unspecified atom stereocenters. The molecule has 0 aliphatic heterocycles. The zero-order chi connectivity index (χ0) is 10.8. The number of halogens is 1. The van der Waals surface area contributed by atoms with E-state index in [0.29, 0.717) is 5.02 Å². The van der Waals surface area contributed by atoms with Gasteiger partial charge in [-0.2, -0.15) is 0 Å². The average molecular weight is 222 g/mol. The Morgan fingerprint density at radius 3 is 2.73 bits per heavy atom. The predicted octanol–water partition coefficient (Wildman–Crippen LogP) is 3.06. The summed E-state index contributed by atoms with van der Waals surface area (Å²) in [7, 11) is 0. The summed E-state index contributed by atoms with van der Waals surface area (Å²) in [4.78, 5) is 2.97. The molecule has 2 aromatic rings. The van der Waals surface area contributed by atoms with Crippen LogP contribution in [0.2, 0.25) is 5.02 Å². The van der Waals surface area contributed by atoms with Crippen LogP contribution in [-0.4, -0.2) is 10.1 Å². The van der Waals surface area contributed by atoms with Gasteiger partial charge in [0.05, 0.1) is 0 Å². The molecule has 1 atom stereocenters. The second kappa shape index (κ2) is 4.09. The Hall–Kier alpha value is -1.25. The molecule has 3 heteroatoms. The summed E-state index contributed by atoms with van der Waals surface area (Å²) in [5.41, 5.74) is 2.56. The molecule has 0 amide bonds. The molecular weight excluding hydrogens is 210 g/mol. The number of aromatic nitrogens is 1. The number of aryl methyl sites for hydroxylation is 1. The zero-order valence-corrected chi connectivity index (χ0v) is 9.12. The van der Waals surface area contributed by atoms with E-state index in [1.807, 2.05) is 37.3 Å². The molecule has 2 rings (SSSR count). The Morgan fingerprint density at radius 1 is 1.33 bits per heavy atom. The van der Waals surface area contributed by atoms with Crippen LogP contribution < -0.4 is 0 Å². The fraction of sp³-hybridized carbons (Fsp3) is 0.167. The van der Waals surface area contributed by atoms with E-state index in [1.54, 1.807) is 6.20 Å². The second-order valence-corrected chi connectivity index (χ2v) is 3.96. The molecule has 1 heterocycles. The van der Waals surface area contributed by atoms with Gasteiger partial charge in [-0.3, -0.25) is 0 Å². The molecule has 1 aromatic carbocycles. The van der Waals surface area contributed by atoms with Gasteiger partial charge < -0.3 is 10.1 Å². The lowest BCUT2D eigenvalue weighted by molar-refractivity contribution is 0.216. The van der Waals surface area contributed by atoms with Crippen LogP contribution in [0, 0.1) is 6.92 Å². The smallest absolute Gasteiger partial charge is 0.120 e. The van der Waals surface area contributed by atoms with Crippen molar-refractivity contribution in [1.82, 2.24) is 4.98 Å². The van der Waals surface area contributed by atoms with E-state index in [0.717, 1.165) is 16.8 Å². The van der Waals surface area contributed by atoms with Gasteiger partial charge in [-0.1, -0.05) is 23.7 Å². The SMILES string of the molecule is Cc1ccc(C(O)c2ccc[nH]2)c(Cl)c1. The van der Waals surface area contributed by atoms with E-state index in [9.17, 15) is 5.11 Å². The van der Waals surface area contributed by atoms with Crippen molar-refractivity contribution in [3.8, 4) is 0 Å². The summed E-state index contributed by atoms with van der Waals surface area (Å²) in [5.74, 6) is 0. The number of nitrogens with one attached hydrogen (secondary N) is 1. The number of rotatable bonds is 2. The monoisotopic (exact) mass is 221 g/mol. The van der Waals surface area contributed by atoms with Gasteiger partial charge in [0.2, 0.25) is 0 Å². The summed E-state index contributed by atoms with van der Waals surface area (Å²) in [6.45, 7) is 1.97. The van der Waals surface area contributed by atoms with Crippen LogP contribution in [0.5, 0.6) is 0 Å². The summed E-state index contributed by atoms with van der Waals surface area (Å²) < 4.78 is 0. The Bertz CT molecular complexity index is 451. The quantitative estimate of drug-likeness (QED) is 0.804. The minimum Gasteiger partial charge on any atom is -0.382 e. The molecule has 0 aliphatic rings. The van der Waals surface area contributed by atoms with Crippen LogP contribution in [-0.2, 0) is 0 Å². The van der Waals surface area contributed by atoms with Crippen molar-refractivity contribution in [2.45, 2.75) is 13.0 Å². The van der Waals surface area contributed by atoms with Crippen molar-refractivity contribution in [2.24, 2.45) is 0 Å². The molecule has 2 N–H and O–H groups in total. The molecule has 78 valence electrons. The third-order valence-electron chi connectivity index (χ3n) is 2.37. The van der Waals surface area contributed by atoms with Gasteiger partial charge in [-0.05, 0) is 30.7 Å². The van der Waals surface area contributed by atoms with E-state index >= 15 is 0 Å². The molecule has 0 radical (unpaired) electrons.